The highest BCUT2D eigenvalue weighted by atomic mass is 16.3. The fourth-order valence-corrected chi connectivity index (χ4v) is 1.92. The van der Waals surface area contributed by atoms with Crippen molar-refractivity contribution in [3.8, 4) is 0 Å². The van der Waals surface area contributed by atoms with E-state index in [1.807, 2.05) is 25.4 Å². The topological polar surface area (TPSA) is 69.0 Å². The zero-order valence-electron chi connectivity index (χ0n) is 10.2. The Bertz CT molecular complexity index is 474. The molecule has 0 spiro atoms. The molecule has 0 aromatic carbocycles. The maximum Gasteiger partial charge on any atom is 0.110 e. The van der Waals surface area contributed by atoms with Crippen molar-refractivity contribution in [3.63, 3.8) is 0 Å². The molecule has 2 rings (SSSR count). The zero-order chi connectivity index (χ0) is 12.3. The average Bonchev–Trinajstić information content (AvgIpc) is 2.94. The van der Waals surface area contributed by atoms with E-state index in [-0.39, 0.29) is 6.04 Å². The van der Waals surface area contributed by atoms with Crippen molar-refractivity contribution in [1.82, 2.24) is 15.0 Å². The van der Waals surface area contributed by atoms with Crippen LogP contribution in [-0.2, 0) is 13.0 Å². The predicted molar refractivity (Wildman–Crippen MR) is 65.1 cm³/mol. The normalized spacial score (nSPS) is 12.9. The fraction of sp³-hybridized carbons (Fsp3) is 0.417. The number of aromatic nitrogens is 2. The van der Waals surface area contributed by atoms with E-state index in [1.54, 1.807) is 6.26 Å². The number of aryl methyl sites for hydroxylation is 2. The highest BCUT2D eigenvalue weighted by Gasteiger charge is 2.15. The van der Waals surface area contributed by atoms with E-state index in [4.69, 9.17) is 10.3 Å². The Morgan fingerprint density at radius 2 is 2.41 bits per heavy atom. The summed E-state index contributed by atoms with van der Waals surface area (Å²) in [5, 5.41) is 0. The molecule has 92 valence electrons. The van der Waals surface area contributed by atoms with Gasteiger partial charge in [0.25, 0.3) is 0 Å². The second-order valence-electron chi connectivity index (χ2n) is 4.04. The maximum absolute atomic E-state index is 5.59. The van der Waals surface area contributed by atoms with Crippen LogP contribution in [-0.4, -0.2) is 9.55 Å². The van der Waals surface area contributed by atoms with Crippen LogP contribution in [0, 0.1) is 6.92 Å². The lowest BCUT2D eigenvalue weighted by atomic mass is 10.1. The van der Waals surface area contributed by atoms with Gasteiger partial charge in [-0.3, -0.25) is 11.3 Å². The van der Waals surface area contributed by atoms with Gasteiger partial charge in [-0.15, -0.1) is 0 Å². The van der Waals surface area contributed by atoms with Gasteiger partial charge in [0, 0.05) is 30.9 Å². The summed E-state index contributed by atoms with van der Waals surface area (Å²) in [6.45, 7) is 4.93. The Kier molecular flexibility index (Phi) is 3.61. The van der Waals surface area contributed by atoms with Gasteiger partial charge >= 0.3 is 0 Å². The first-order valence-electron chi connectivity index (χ1n) is 5.75. The van der Waals surface area contributed by atoms with Crippen LogP contribution in [0.5, 0.6) is 0 Å². The van der Waals surface area contributed by atoms with Crippen molar-refractivity contribution in [2.24, 2.45) is 5.84 Å². The summed E-state index contributed by atoms with van der Waals surface area (Å²) in [5.74, 6) is 7.50. The van der Waals surface area contributed by atoms with Gasteiger partial charge in [-0.05, 0) is 19.9 Å². The van der Waals surface area contributed by atoms with Crippen molar-refractivity contribution in [2.45, 2.75) is 32.9 Å². The van der Waals surface area contributed by atoms with Crippen molar-refractivity contribution < 1.29 is 4.42 Å². The lowest BCUT2D eigenvalue weighted by Gasteiger charge is -2.14. The second kappa shape index (κ2) is 5.16. The molecule has 1 atom stereocenters. The van der Waals surface area contributed by atoms with Crippen LogP contribution in [0.15, 0.2) is 29.1 Å². The number of nitrogens with one attached hydrogen (secondary N) is 1. The molecule has 3 N–H and O–H groups in total. The summed E-state index contributed by atoms with van der Waals surface area (Å²) in [6.07, 6.45) is 6.27. The summed E-state index contributed by atoms with van der Waals surface area (Å²) in [7, 11) is 0. The smallest absolute Gasteiger partial charge is 0.110 e. The van der Waals surface area contributed by atoms with Gasteiger partial charge in [-0.1, -0.05) is 0 Å². The molecule has 1 unspecified atom stereocenters. The van der Waals surface area contributed by atoms with Gasteiger partial charge in [0.05, 0.1) is 12.3 Å². The number of nitrogens with two attached hydrogens (primary N) is 1. The third-order valence-corrected chi connectivity index (χ3v) is 2.88. The highest BCUT2D eigenvalue weighted by Crippen LogP contribution is 2.19. The van der Waals surface area contributed by atoms with E-state index in [1.165, 1.54) is 0 Å². The number of hydrogen-bond donors (Lipinski definition) is 2. The third kappa shape index (κ3) is 2.57. The number of imidazole rings is 1. The van der Waals surface area contributed by atoms with E-state index in [9.17, 15) is 0 Å². The monoisotopic (exact) mass is 234 g/mol. The largest absolute Gasteiger partial charge is 0.469 e. The van der Waals surface area contributed by atoms with Crippen molar-refractivity contribution in [2.75, 3.05) is 0 Å². The molecule has 0 aliphatic carbocycles. The first-order valence-corrected chi connectivity index (χ1v) is 5.75. The number of hydrogen-bond acceptors (Lipinski definition) is 4. The van der Waals surface area contributed by atoms with Crippen LogP contribution >= 0.6 is 0 Å². The van der Waals surface area contributed by atoms with E-state index in [2.05, 4.69) is 21.9 Å². The van der Waals surface area contributed by atoms with E-state index in [0.29, 0.717) is 0 Å². The van der Waals surface area contributed by atoms with Gasteiger partial charge in [-0.2, -0.15) is 0 Å². The minimum absolute atomic E-state index is 0.0279. The molecule has 2 aromatic rings. The Morgan fingerprint density at radius 1 is 1.59 bits per heavy atom. The van der Waals surface area contributed by atoms with Gasteiger partial charge in [0.15, 0.2) is 0 Å². The maximum atomic E-state index is 5.59. The second-order valence-corrected chi connectivity index (χ2v) is 4.04. The average molecular weight is 234 g/mol. The van der Waals surface area contributed by atoms with E-state index < -0.39 is 0 Å². The number of hydrazine groups is 1. The molecule has 5 nitrogen and oxygen atoms in total. The Balaban J connectivity index is 2.15. The SMILES string of the molecule is CCn1ccnc1CC(NN)c1coc(C)c1. The van der Waals surface area contributed by atoms with Crippen LogP contribution in [0.2, 0.25) is 0 Å². The summed E-state index contributed by atoms with van der Waals surface area (Å²) in [6, 6.07) is 2.02. The van der Waals surface area contributed by atoms with Crippen molar-refractivity contribution in [3.05, 3.63) is 41.9 Å². The Morgan fingerprint density at radius 3 is 3.00 bits per heavy atom. The first-order chi connectivity index (χ1) is 8.24. The fourth-order valence-electron chi connectivity index (χ4n) is 1.92. The lowest BCUT2D eigenvalue weighted by Crippen LogP contribution is -2.30. The zero-order valence-corrected chi connectivity index (χ0v) is 10.2. The number of rotatable bonds is 5. The molecular weight excluding hydrogens is 216 g/mol. The predicted octanol–water partition coefficient (Wildman–Crippen LogP) is 1.55. The van der Waals surface area contributed by atoms with Gasteiger partial charge in [0.2, 0.25) is 0 Å². The van der Waals surface area contributed by atoms with Crippen LogP contribution in [0.1, 0.15) is 30.1 Å². The third-order valence-electron chi connectivity index (χ3n) is 2.88. The van der Waals surface area contributed by atoms with E-state index >= 15 is 0 Å². The van der Waals surface area contributed by atoms with Crippen molar-refractivity contribution in [1.29, 1.82) is 0 Å². The molecule has 0 fully saturated rings. The van der Waals surface area contributed by atoms with Crippen LogP contribution in [0.3, 0.4) is 0 Å². The molecular formula is C12H18N4O. The first kappa shape index (κ1) is 11.9. The van der Waals surface area contributed by atoms with Crippen LogP contribution in [0.25, 0.3) is 0 Å². The van der Waals surface area contributed by atoms with Crippen molar-refractivity contribution >= 4 is 0 Å². The molecule has 5 heteroatoms. The summed E-state index contributed by atoms with van der Waals surface area (Å²) in [5.41, 5.74) is 3.86. The number of nitrogens with zero attached hydrogens (tertiary/aromatic N) is 2. The molecule has 0 saturated carbocycles. The molecule has 17 heavy (non-hydrogen) atoms. The molecule has 0 amide bonds. The highest BCUT2D eigenvalue weighted by molar-refractivity contribution is 5.17. The summed E-state index contributed by atoms with van der Waals surface area (Å²) in [4.78, 5) is 4.34. The Hall–Kier alpha value is -1.59. The molecule has 2 heterocycles. The van der Waals surface area contributed by atoms with Gasteiger partial charge in [-0.25, -0.2) is 4.98 Å². The summed E-state index contributed by atoms with van der Waals surface area (Å²) >= 11 is 0. The Labute approximate surface area is 101 Å². The van der Waals surface area contributed by atoms with Gasteiger partial charge in [0.1, 0.15) is 11.6 Å². The summed E-state index contributed by atoms with van der Waals surface area (Å²) < 4.78 is 7.41. The molecule has 0 radical (unpaired) electrons. The minimum Gasteiger partial charge on any atom is -0.469 e. The molecule has 2 aromatic heterocycles. The number of furan rings is 1. The molecule has 0 aliphatic heterocycles. The van der Waals surface area contributed by atoms with Crippen LogP contribution in [0.4, 0.5) is 0 Å². The van der Waals surface area contributed by atoms with Crippen LogP contribution < -0.4 is 11.3 Å². The minimum atomic E-state index is 0.0279. The molecule has 0 bridgehead atoms. The lowest BCUT2D eigenvalue weighted by molar-refractivity contribution is 0.500. The standard InChI is InChI=1S/C12H18N4O/c1-3-16-5-4-14-12(16)7-11(15-13)10-6-9(2)17-8-10/h4-6,8,11,15H,3,7,13H2,1-2H3. The van der Waals surface area contributed by atoms with E-state index in [0.717, 1.165) is 30.1 Å². The van der Waals surface area contributed by atoms with Gasteiger partial charge < -0.3 is 8.98 Å². The molecule has 0 saturated heterocycles. The molecule has 0 aliphatic rings. The quantitative estimate of drug-likeness (QED) is 0.608.